The van der Waals surface area contributed by atoms with E-state index in [-0.39, 0.29) is 23.5 Å². The number of piperidine rings is 1. The Balaban J connectivity index is 1.45. The lowest BCUT2D eigenvalue weighted by Gasteiger charge is -2.37. The summed E-state index contributed by atoms with van der Waals surface area (Å²) in [5.74, 6) is -0.426. The molecule has 1 heterocycles. The molecule has 0 aromatic heterocycles. The zero-order valence-corrected chi connectivity index (χ0v) is 19.5. The number of nitrogens with zero attached hydrogens (tertiary/aromatic N) is 1. The average Bonchev–Trinajstić information content (AvgIpc) is 2.80. The first-order chi connectivity index (χ1) is 15.7. The summed E-state index contributed by atoms with van der Waals surface area (Å²) in [5, 5.41) is 14.2. The molecule has 33 heavy (non-hydrogen) atoms. The van der Waals surface area contributed by atoms with Crippen molar-refractivity contribution in [2.45, 2.75) is 29.8 Å². The van der Waals surface area contributed by atoms with Crippen molar-refractivity contribution in [3.05, 3.63) is 95.0 Å². The summed E-state index contributed by atoms with van der Waals surface area (Å²) in [6, 6.07) is 22.4. The summed E-state index contributed by atoms with van der Waals surface area (Å²) >= 11 is 5.96. The minimum Gasteiger partial charge on any atom is -0.389 e. The summed E-state index contributed by atoms with van der Waals surface area (Å²) in [6.45, 7) is 0.426. The molecule has 1 aliphatic rings. The molecule has 2 N–H and O–H groups in total. The number of carbonyl (C=O) groups excluding carboxylic acids is 1. The van der Waals surface area contributed by atoms with Gasteiger partial charge >= 0.3 is 0 Å². The van der Waals surface area contributed by atoms with Crippen LogP contribution in [-0.4, -0.2) is 42.4 Å². The van der Waals surface area contributed by atoms with E-state index in [1.165, 1.54) is 16.4 Å². The van der Waals surface area contributed by atoms with Crippen molar-refractivity contribution >= 4 is 33.2 Å². The summed E-state index contributed by atoms with van der Waals surface area (Å²) < 4.78 is 27.8. The minimum atomic E-state index is -3.80. The topological polar surface area (TPSA) is 86.7 Å². The number of rotatable bonds is 6. The van der Waals surface area contributed by atoms with Gasteiger partial charge in [-0.15, -0.1) is 0 Å². The van der Waals surface area contributed by atoms with E-state index in [1.54, 1.807) is 36.4 Å². The molecule has 6 nitrogen and oxygen atoms in total. The molecule has 0 unspecified atom stereocenters. The van der Waals surface area contributed by atoms with Crippen LogP contribution in [0.2, 0.25) is 5.02 Å². The highest BCUT2D eigenvalue weighted by Gasteiger charge is 2.37. The zero-order chi connectivity index (χ0) is 23.5. The molecule has 3 aromatic rings. The molecule has 0 atom stereocenters. The van der Waals surface area contributed by atoms with Crippen LogP contribution in [0, 0.1) is 0 Å². The van der Waals surface area contributed by atoms with Gasteiger partial charge in [0.05, 0.1) is 10.5 Å². The van der Waals surface area contributed by atoms with Gasteiger partial charge in [-0.3, -0.25) is 4.79 Å². The van der Waals surface area contributed by atoms with Crippen molar-refractivity contribution in [1.29, 1.82) is 0 Å². The second-order valence-electron chi connectivity index (χ2n) is 8.28. The van der Waals surface area contributed by atoms with E-state index in [0.717, 1.165) is 5.56 Å². The third-order valence-corrected chi connectivity index (χ3v) is 7.98. The monoisotopic (exact) mass is 484 g/mol. The minimum absolute atomic E-state index is 0.0507. The number of carbonyl (C=O) groups is 1. The standard InChI is InChI=1S/C25H25ClN2O4S/c26-21-9-5-10-22(17-21)27-24(29)20-8-4-11-23(16-20)33(31,32)28-14-12-25(30,13-15-28)18-19-6-2-1-3-7-19/h1-11,16-17,30H,12-15,18H2,(H,27,29). The molecule has 0 spiro atoms. The van der Waals surface area contributed by atoms with E-state index >= 15 is 0 Å². The van der Waals surface area contributed by atoms with Gasteiger partial charge in [-0.05, 0) is 54.8 Å². The van der Waals surface area contributed by atoms with Gasteiger partial charge in [0.25, 0.3) is 5.91 Å². The first kappa shape index (κ1) is 23.4. The highest BCUT2D eigenvalue weighted by atomic mass is 35.5. The molecule has 172 valence electrons. The molecule has 1 fully saturated rings. The van der Waals surface area contributed by atoms with Crippen LogP contribution in [-0.2, 0) is 16.4 Å². The van der Waals surface area contributed by atoms with Crippen molar-refractivity contribution < 1.29 is 18.3 Å². The smallest absolute Gasteiger partial charge is 0.255 e. The van der Waals surface area contributed by atoms with Crippen molar-refractivity contribution in [2.75, 3.05) is 18.4 Å². The van der Waals surface area contributed by atoms with Crippen LogP contribution in [0.4, 0.5) is 5.69 Å². The SMILES string of the molecule is O=C(Nc1cccc(Cl)c1)c1cccc(S(=O)(=O)N2CCC(O)(Cc3ccccc3)CC2)c1. The predicted octanol–water partition coefficient (Wildman–Crippen LogP) is 4.35. The lowest BCUT2D eigenvalue weighted by molar-refractivity contribution is -0.00441. The van der Waals surface area contributed by atoms with E-state index in [2.05, 4.69) is 5.32 Å². The summed E-state index contributed by atoms with van der Waals surface area (Å²) in [4.78, 5) is 12.7. The molecule has 4 rings (SSSR count). The number of benzene rings is 3. The van der Waals surface area contributed by atoms with E-state index < -0.39 is 21.5 Å². The fourth-order valence-corrected chi connectivity index (χ4v) is 5.69. The Labute approximate surface area is 198 Å². The Morgan fingerprint density at radius 1 is 0.970 bits per heavy atom. The number of halogens is 1. The second-order valence-corrected chi connectivity index (χ2v) is 10.7. The molecular weight excluding hydrogens is 460 g/mol. The first-order valence-corrected chi connectivity index (χ1v) is 12.5. The molecule has 0 bridgehead atoms. The largest absolute Gasteiger partial charge is 0.389 e. The van der Waals surface area contributed by atoms with E-state index in [1.807, 2.05) is 30.3 Å². The lowest BCUT2D eigenvalue weighted by atomic mass is 9.86. The highest BCUT2D eigenvalue weighted by Crippen LogP contribution is 2.30. The van der Waals surface area contributed by atoms with Gasteiger partial charge in [0, 0.05) is 35.8 Å². The fraction of sp³-hybridized carbons (Fsp3) is 0.240. The number of sulfonamides is 1. The maximum absolute atomic E-state index is 13.2. The molecule has 1 amide bonds. The van der Waals surface area contributed by atoms with Crippen LogP contribution in [0.1, 0.15) is 28.8 Å². The Hall–Kier alpha value is -2.71. The number of hydrogen-bond acceptors (Lipinski definition) is 4. The van der Waals surface area contributed by atoms with Crippen LogP contribution in [0.15, 0.2) is 83.8 Å². The molecule has 0 radical (unpaired) electrons. The average molecular weight is 485 g/mol. The molecule has 3 aromatic carbocycles. The molecule has 1 aliphatic heterocycles. The van der Waals surface area contributed by atoms with Crippen LogP contribution in [0.5, 0.6) is 0 Å². The van der Waals surface area contributed by atoms with Gasteiger partial charge < -0.3 is 10.4 Å². The number of nitrogens with one attached hydrogen (secondary N) is 1. The van der Waals surface area contributed by atoms with Crippen LogP contribution < -0.4 is 5.32 Å². The number of amides is 1. The van der Waals surface area contributed by atoms with Crippen molar-refractivity contribution in [2.24, 2.45) is 0 Å². The van der Waals surface area contributed by atoms with Crippen LogP contribution in [0.25, 0.3) is 0 Å². The molecule has 0 aliphatic carbocycles. The van der Waals surface area contributed by atoms with Gasteiger partial charge in [0.15, 0.2) is 0 Å². The van der Waals surface area contributed by atoms with Gasteiger partial charge in [0.2, 0.25) is 10.0 Å². The molecule has 0 saturated carbocycles. The van der Waals surface area contributed by atoms with Gasteiger partial charge in [0.1, 0.15) is 0 Å². The van der Waals surface area contributed by atoms with E-state index in [4.69, 9.17) is 11.6 Å². The lowest BCUT2D eigenvalue weighted by Crippen LogP contribution is -2.47. The van der Waals surface area contributed by atoms with Gasteiger partial charge in [-0.1, -0.05) is 54.1 Å². The molecule has 8 heteroatoms. The Morgan fingerprint density at radius 3 is 2.36 bits per heavy atom. The van der Waals surface area contributed by atoms with E-state index in [9.17, 15) is 18.3 Å². The van der Waals surface area contributed by atoms with Gasteiger partial charge in [-0.2, -0.15) is 4.31 Å². The van der Waals surface area contributed by atoms with Gasteiger partial charge in [-0.25, -0.2) is 8.42 Å². The maximum Gasteiger partial charge on any atom is 0.255 e. The second kappa shape index (κ2) is 9.65. The number of anilines is 1. The highest BCUT2D eigenvalue weighted by molar-refractivity contribution is 7.89. The maximum atomic E-state index is 13.2. The predicted molar refractivity (Wildman–Crippen MR) is 129 cm³/mol. The van der Waals surface area contributed by atoms with Crippen LogP contribution in [0.3, 0.4) is 0 Å². The third-order valence-electron chi connectivity index (χ3n) is 5.85. The summed E-state index contributed by atoms with van der Waals surface area (Å²) in [5.41, 5.74) is 0.837. The third kappa shape index (κ3) is 5.62. The van der Waals surface area contributed by atoms with Crippen molar-refractivity contribution in [3.63, 3.8) is 0 Å². The number of aliphatic hydroxyl groups is 1. The fourth-order valence-electron chi connectivity index (χ4n) is 4.01. The Kier molecular flexibility index (Phi) is 6.86. The van der Waals surface area contributed by atoms with Crippen LogP contribution >= 0.6 is 11.6 Å². The normalized spacial score (nSPS) is 16.3. The van der Waals surface area contributed by atoms with Crippen molar-refractivity contribution in [1.82, 2.24) is 4.31 Å². The summed E-state index contributed by atoms with van der Waals surface area (Å²) in [6.07, 6.45) is 1.17. The quantitative estimate of drug-likeness (QED) is 0.544. The Bertz CT molecular complexity index is 1240. The zero-order valence-electron chi connectivity index (χ0n) is 17.9. The first-order valence-electron chi connectivity index (χ1n) is 10.7. The molecular formula is C25H25ClN2O4S. The van der Waals surface area contributed by atoms with E-state index in [0.29, 0.717) is 30.0 Å². The number of hydrogen-bond donors (Lipinski definition) is 2. The Morgan fingerprint density at radius 2 is 1.67 bits per heavy atom. The summed E-state index contributed by atoms with van der Waals surface area (Å²) in [7, 11) is -3.80. The van der Waals surface area contributed by atoms with Crippen molar-refractivity contribution in [3.8, 4) is 0 Å². The molecule has 1 saturated heterocycles.